The summed E-state index contributed by atoms with van der Waals surface area (Å²) in [4.78, 5) is 14.5. The molecule has 0 bridgehead atoms. The third kappa shape index (κ3) is 7.35. The fourth-order valence-corrected chi connectivity index (χ4v) is 5.80. The van der Waals surface area contributed by atoms with E-state index in [1.165, 1.54) is 29.2 Å². The van der Waals surface area contributed by atoms with E-state index in [1.807, 2.05) is 30.5 Å². The van der Waals surface area contributed by atoms with Crippen LogP contribution in [0.2, 0.25) is 0 Å². The van der Waals surface area contributed by atoms with Crippen LogP contribution in [0.3, 0.4) is 0 Å². The molecule has 4 nitrogen and oxygen atoms in total. The van der Waals surface area contributed by atoms with Crippen LogP contribution in [0, 0.1) is 0 Å². The second kappa shape index (κ2) is 15.2. The Labute approximate surface area is 274 Å². The molecule has 0 aliphatic carbocycles. The normalized spacial score (nSPS) is 10.9. The van der Waals surface area contributed by atoms with E-state index in [9.17, 15) is 0 Å². The minimum Gasteiger partial charge on any atom is -0.341 e. The number of nitrogens with zero attached hydrogens (tertiary/aromatic N) is 4. The lowest BCUT2D eigenvalue weighted by Gasteiger charge is -2.28. The van der Waals surface area contributed by atoms with Crippen molar-refractivity contribution >= 4 is 22.7 Å². The zero-order valence-corrected chi connectivity index (χ0v) is 26.9. The SMILES string of the molecule is CCCCN(c1ccccc1)c1ccc(N(CCCC)c2ccc(-c3cc(-c4ccccc4)nc(-c4ccccn4)c3)cc2)cc1. The van der Waals surface area contributed by atoms with Crippen LogP contribution < -0.4 is 9.80 Å². The first-order valence-corrected chi connectivity index (χ1v) is 16.5. The molecule has 2 heterocycles. The molecule has 46 heavy (non-hydrogen) atoms. The standard InChI is InChI=1S/C42H42N4/c1-3-5-29-45(36-17-11-8-12-18-36)38-24-26-39(27-25-38)46(30-6-4-2)37-22-20-33(21-23-37)35-31-41(34-15-9-7-10-16-34)44-42(32-35)40-19-13-14-28-43-40/h7-28,31-32H,3-6,29-30H2,1-2H3. The van der Waals surface area contributed by atoms with Gasteiger partial charge in [-0.2, -0.15) is 0 Å². The zero-order valence-electron chi connectivity index (χ0n) is 26.9. The van der Waals surface area contributed by atoms with Gasteiger partial charge in [-0.15, -0.1) is 0 Å². The molecule has 0 unspecified atom stereocenters. The predicted molar refractivity (Wildman–Crippen MR) is 195 cm³/mol. The Morgan fingerprint density at radius 3 is 1.48 bits per heavy atom. The summed E-state index contributed by atoms with van der Waals surface area (Å²) in [5.74, 6) is 0. The zero-order chi connectivity index (χ0) is 31.6. The third-order valence-corrected chi connectivity index (χ3v) is 8.35. The van der Waals surface area contributed by atoms with Gasteiger partial charge in [0.05, 0.1) is 17.1 Å². The van der Waals surface area contributed by atoms with E-state index in [0.29, 0.717) is 0 Å². The van der Waals surface area contributed by atoms with Gasteiger partial charge in [-0.3, -0.25) is 4.98 Å². The molecule has 0 aliphatic heterocycles. The number of anilines is 4. The fraction of sp³-hybridized carbons (Fsp3) is 0.190. The minimum atomic E-state index is 0.868. The average molecular weight is 603 g/mol. The summed E-state index contributed by atoms with van der Waals surface area (Å²) in [7, 11) is 0. The molecule has 2 aromatic heterocycles. The molecule has 0 fully saturated rings. The van der Waals surface area contributed by atoms with Crippen molar-refractivity contribution in [3.05, 3.63) is 146 Å². The number of benzene rings is 4. The summed E-state index contributed by atoms with van der Waals surface area (Å²) in [6, 6.07) is 49.4. The Kier molecular flexibility index (Phi) is 10.2. The van der Waals surface area contributed by atoms with E-state index in [4.69, 9.17) is 4.98 Å². The summed E-state index contributed by atoms with van der Waals surface area (Å²) >= 11 is 0. The highest BCUT2D eigenvalue weighted by Crippen LogP contribution is 2.34. The molecular formula is C42H42N4. The van der Waals surface area contributed by atoms with Crippen molar-refractivity contribution in [2.24, 2.45) is 0 Å². The molecule has 0 radical (unpaired) electrons. The van der Waals surface area contributed by atoms with Crippen LogP contribution in [0.4, 0.5) is 22.7 Å². The smallest absolute Gasteiger partial charge is 0.0899 e. The predicted octanol–water partition coefficient (Wildman–Crippen LogP) is 11.4. The van der Waals surface area contributed by atoms with Gasteiger partial charge in [0.1, 0.15) is 0 Å². The van der Waals surface area contributed by atoms with Crippen molar-refractivity contribution in [2.75, 3.05) is 22.9 Å². The summed E-state index contributed by atoms with van der Waals surface area (Å²) in [5, 5.41) is 0. The first kappa shape index (κ1) is 30.8. The maximum Gasteiger partial charge on any atom is 0.0899 e. The van der Waals surface area contributed by atoms with Gasteiger partial charge in [0.2, 0.25) is 0 Å². The third-order valence-electron chi connectivity index (χ3n) is 8.35. The summed E-state index contributed by atoms with van der Waals surface area (Å²) in [6.07, 6.45) is 6.40. The maximum atomic E-state index is 5.00. The lowest BCUT2D eigenvalue weighted by molar-refractivity contribution is 0.782. The molecule has 0 amide bonds. The van der Waals surface area contributed by atoms with Gasteiger partial charge in [-0.1, -0.05) is 93.4 Å². The van der Waals surface area contributed by atoms with Gasteiger partial charge in [0.15, 0.2) is 0 Å². The quantitative estimate of drug-likeness (QED) is 0.132. The Morgan fingerprint density at radius 1 is 0.435 bits per heavy atom. The Morgan fingerprint density at radius 2 is 0.935 bits per heavy atom. The van der Waals surface area contributed by atoms with E-state index in [0.717, 1.165) is 66.1 Å². The van der Waals surface area contributed by atoms with E-state index in [1.54, 1.807) is 0 Å². The summed E-state index contributed by atoms with van der Waals surface area (Å²) in [5.41, 5.74) is 10.9. The van der Waals surface area contributed by atoms with E-state index >= 15 is 0 Å². The monoisotopic (exact) mass is 602 g/mol. The highest BCUT2D eigenvalue weighted by molar-refractivity contribution is 5.77. The van der Waals surface area contributed by atoms with Crippen molar-refractivity contribution in [3.8, 4) is 33.8 Å². The molecule has 4 aromatic carbocycles. The highest BCUT2D eigenvalue weighted by atomic mass is 15.1. The Bertz CT molecular complexity index is 1730. The minimum absolute atomic E-state index is 0.868. The van der Waals surface area contributed by atoms with Crippen molar-refractivity contribution in [1.29, 1.82) is 0 Å². The number of hydrogen-bond donors (Lipinski definition) is 0. The van der Waals surface area contributed by atoms with Crippen LogP contribution in [-0.4, -0.2) is 23.1 Å². The van der Waals surface area contributed by atoms with Crippen molar-refractivity contribution < 1.29 is 0 Å². The lowest BCUT2D eigenvalue weighted by atomic mass is 10.0. The second-order valence-electron chi connectivity index (χ2n) is 11.6. The van der Waals surface area contributed by atoms with Crippen LogP contribution in [-0.2, 0) is 0 Å². The first-order valence-electron chi connectivity index (χ1n) is 16.5. The molecule has 0 aliphatic rings. The van der Waals surface area contributed by atoms with Crippen LogP contribution in [0.15, 0.2) is 146 Å². The van der Waals surface area contributed by atoms with Crippen LogP contribution in [0.25, 0.3) is 33.8 Å². The van der Waals surface area contributed by atoms with Gasteiger partial charge in [-0.25, -0.2) is 4.98 Å². The highest BCUT2D eigenvalue weighted by Gasteiger charge is 2.14. The van der Waals surface area contributed by atoms with Crippen LogP contribution >= 0.6 is 0 Å². The molecule has 0 spiro atoms. The summed E-state index contributed by atoms with van der Waals surface area (Å²) < 4.78 is 0. The second-order valence-corrected chi connectivity index (χ2v) is 11.6. The number of unbranched alkanes of at least 4 members (excludes halogenated alkanes) is 2. The average Bonchev–Trinajstić information content (AvgIpc) is 3.14. The fourth-order valence-electron chi connectivity index (χ4n) is 5.80. The molecule has 0 saturated carbocycles. The van der Waals surface area contributed by atoms with Crippen molar-refractivity contribution in [2.45, 2.75) is 39.5 Å². The van der Waals surface area contributed by atoms with Crippen molar-refractivity contribution in [1.82, 2.24) is 9.97 Å². The van der Waals surface area contributed by atoms with Gasteiger partial charge >= 0.3 is 0 Å². The van der Waals surface area contributed by atoms with Crippen LogP contribution in [0.5, 0.6) is 0 Å². The molecule has 6 aromatic rings. The van der Waals surface area contributed by atoms with Gasteiger partial charge in [-0.05, 0) is 96.8 Å². The number of rotatable bonds is 13. The maximum absolute atomic E-state index is 5.00. The van der Waals surface area contributed by atoms with E-state index < -0.39 is 0 Å². The molecular weight excluding hydrogens is 560 g/mol. The number of pyridine rings is 2. The number of aromatic nitrogens is 2. The Balaban J connectivity index is 1.31. The molecule has 0 saturated heterocycles. The molecule has 4 heteroatoms. The molecule has 6 rings (SSSR count). The number of hydrogen-bond acceptors (Lipinski definition) is 4. The summed E-state index contributed by atoms with van der Waals surface area (Å²) in [6.45, 7) is 6.47. The first-order chi connectivity index (χ1) is 22.7. The van der Waals surface area contributed by atoms with Crippen LogP contribution in [0.1, 0.15) is 39.5 Å². The lowest BCUT2D eigenvalue weighted by Crippen LogP contribution is -2.20. The topological polar surface area (TPSA) is 32.3 Å². The van der Waals surface area contributed by atoms with E-state index in [2.05, 4.69) is 144 Å². The van der Waals surface area contributed by atoms with Crippen molar-refractivity contribution in [3.63, 3.8) is 0 Å². The number of para-hydroxylation sites is 1. The van der Waals surface area contributed by atoms with E-state index in [-0.39, 0.29) is 0 Å². The van der Waals surface area contributed by atoms with Gasteiger partial charge < -0.3 is 9.80 Å². The van der Waals surface area contributed by atoms with Gasteiger partial charge in [0, 0.05) is 47.6 Å². The molecule has 0 atom stereocenters. The Hall–Kier alpha value is -5.22. The van der Waals surface area contributed by atoms with Gasteiger partial charge in [0.25, 0.3) is 0 Å². The largest absolute Gasteiger partial charge is 0.341 e. The molecule has 0 N–H and O–H groups in total. The molecule has 230 valence electrons.